The molecule has 0 aromatic heterocycles. The SMILES string of the molecule is [CH2]CCCCCCC=CCC=CCC=C(C)C. The summed E-state index contributed by atoms with van der Waals surface area (Å²) in [7, 11) is 0. The van der Waals surface area contributed by atoms with Gasteiger partial charge in [0, 0.05) is 0 Å². The largest absolute Gasteiger partial charge is 0.0882 e. The second-order valence-electron chi connectivity index (χ2n) is 4.75. The third kappa shape index (κ3) is 15.2. The molecular weight excluding hydrogens is 204 g/mol. The number of hydrogen-bond acceptors (Lipinski definition) is 0. The summed E-state index contributed by atoms with van der Waals surface area (Å²) in [5.41, 5.74) is 1.40. The Morgan fingerprint density at radius 2 is 1.47 bits per heavy atom. The van der Waals surface area contributed by atoms with Crippen molar-refractivity contribution < 1.29 is 0 Å². The van der Waals surface area contributed by atoms with Crippen molar-refractivity contribution in [1.29, 1.82) is 0 Å². The van der Waals surface area contributed by atoms with E-state index in [4.69, 9.17) is 0 Å². The van der Waals surface area contributed by atoms with E-state index in [1.165, 1.54) is 37.7 Å². The van der Waals surface area contributed by atoms with Crippen LogP contribution in [0.1, 0.15) is 65.2 Å². The van der Waals surface area contributed by atoms with Crippen LogP contribution >= 0.6 is 0 Å². The predicted molar refractivity (Wildman–Crippen MR) is 80.0 cm³/mol. The van der Waals surface area contributed by atoms with Crippen LogP contribution in [0.25, 0.3) is 0 Å². The minimum Gasteiger partial charge on any atom is -0.0882 e. The topological polar surface area (TPSA) is 0 Å². The van der Waals surface area contributed by atoms with Crippen LogP contribution in [0, 0.1) is 6.92 Å². The van der Waals surface area contributed by atoms with Gasteiger partial charge in [-0.3, -0.25) is 0 Å². The summed E-state index contributed by atoms with van der Waals surface area (Å²) < 4.78 is 0. The maximum Gasteiger partial charge on any atom is -0.0167 e. The highest BCUT2D eigenvalue weighted by molar-refractivity contribution is 5.00. The molecule has 0 bridgehead atoms. The van der Waals surface area contributed by atoms with Gasteiger partial charge in [0.2, 0.25) is 0 Å². The van der Waals surface area contributed by atoms with Gasteiger partial charge in [-0.25, -0.2) is 0 Å². The summed E-state index contributed by atoms with van der Waals surface area (Å²) in [4.78, 5) is 0. The smallest absolute Gasteiger partial charge is 0.0167 e. The number of hydrogen-bond donors (Lipinski definition) is 0. The van der Waals surface area contributed by atoms with Crippen molar-refractivity contribution in [3.63, 3.8) is 0 Å². The molecule has 0 rings (SSSR count). The predicted octanol–water partition coefficient (Wildman–Crippen LogP) is 6.02. The van der Waals surface area contributed by atoms with Crippen LogP contribution in [-0.2, 0) is 0 Å². The molecule has 0 unspecified atom stereocenters. The molecule has 0 atom stereocenters. The zero-order valence-electron chi connectivity index (χ0n) is 11.8. The fourth-order valence-corrected chi connectivity index (χ4v) is 1.58. The van der Waals surface area contributed by atoms with E-state index in [0.717, 1.165) is 19.3 Å². The molecule has 0 nitrogen and oxygen atoms in total. The fraction of sp³-hybridized carbons (Fsp3) is 0.588. The second-order valence-corrected chi connectivity index (χ2v) is 4.75. The third-order valence-electron chi connectivity index (χ3n) is 2.64. The molecule has 0 aromatic rings. The summed E-state index contributed by atoms with van der Waals surface area (Å²) in [6.07, 6.45) is 21.1. The zero-order chi connectivity index (χ0) is 12.8. The van der Waals surface area contributed by atoms with Crippen molar-refractivity contribution in [3.8, 4) is 0 Å². The van der Waals surface area contributed by atoms with Crippen LogP contribution < -0.4 is 0 Å². The van der Waals surface area contributed by atoms with Crippen LogP contribution in [0.15, 0.2) is 36.0 Å². The Kier molecular flexibility index (Phi) is 12.7. The van der Waals surface area contributed by atoms with Crippen molar-refractivity contribution in [3.05, 3.63) is 42.9 Å². The molecule has 0 aliphatic carbocycles. The van der Waals surface area contributed by atoms with E-state index < -0.39 is 0 Å². The van der Waals surface area contributed by atoms with Crippen molar-refractivity contribution in [1.82, 2.24) is 0 Å². The normalized spacial score (nSPS) is 11.5. The van der Waals surface area contributed by atoms with Crippen LogP contribution in [0.4, 0.5) is 0 Å². The lowest BCUT2D eigenvalue weighted by molar-refractivity contribution is 0.651. The molecule has 17 heavy (non-hydrogen) atoms. The lowest BCUT2D eigenvalue weighted by Crippen LogP contribution is -1.75. The lowest BCUT2D eigenvalue weighted by Gasteiger charge is -1.95. The van der Waals surface area contributed by atoms with Gasteiger partial charge in [-0.05, 0) is 39.5 Å². The summed E-state index contributed by atoms with van der Waals surface area (Å²) in [6.45, 7) is 8.14. The first-order chi connectivity index (χ1) is 8.27. The van der Waals surface area contributed by atoms with E-state index in [9.17, 15) is 0 Å². The Morgan fingerprint density at radius 3 is 2.18 bits per heavy atom. The molecule has 0 spiro atoms. The van der Waals surface area contributed by atoms with Crippen LogP contribution in [0.5, 0.6) is 0 Å². The molecule has 97 valence electrons. The molecule has 0 amide bonds. The first kappa shape index (κ1) is 16.2. The maximum atomic E-state index is 3.85. The minimum absolute atomic E-state index is 1.07. The van der Waals surface area contributed by atoms with Crippen LogP contribution in [0.3, 0.4) is 0 Å². The number of rotatable bonds is 10. The maximum absolute atomic E-state index is 3.85. The third-order valence-corrected chi connectivity index (χ3v) is 2.64. The van der Waals surface area contributed by atoms with Crippen molar-refractivity contribution >= 4 is 0 Å². The monoisotopic (exact) mass is 233 g/mol. The fourth-order valence-electron chi connectivity index (χ4n) is 1.58. The lowest BCUT2D eigenvalue weighted by atomic mass is 10.1. The van der Waals surface area contributed by atoms with Gasteiger partial charge >= 0.3 is 0 Å². The molecular formula is C17H29. The Morgan fingerprint density at radius 1 is 0.824 bits per heavy atom. The first-order valence-electron chi connectivity index (χ1n) is 7.00. The molecule has 0 fully saturated rings. The van der Waals surface area contributed by atoms with E-state index in [1.807, 2.05) is 0 Å². The van der Waals surface area contributed by atoms with E-state index in [1.54, 1.807) is 0 Å². The quantitative estimate of drug-likeness (QED) is 0.320. The molecule has 0 heteroatoms. The van der Waals surface area contributed by atoms with Gasteiger partial charge in [0.15, 0.2) is 0 Å². The van der Waals surface area contributed by atoms with Crippen LogP contribution in [-0.4, -0.2) is 0 Å². The minimum atomic E-state index is 1.07. The number of allylic oxidation sites excluding steroid dienone is 6. The average molecular weight is 233 g/mol. The molecule has 0 aromatic carbocycles. The van der Waals surface area contributed by atoms with Gasteiger partial charge in [0.1, 0.15) is 0 Å². The molecule has 0 aliphatic rings. The molecule has 0 saturated heterocycles. The highest BCUT2D eigenvalue weighted by atomic mass is 13.9. The van der Waals surface area contributed by atoms with Gasteiger partial charge in [-0.1, -0.05) is 68.6 Å². The van der Waals surface area contributed by atoms with Gasteiger partial charge in [0.05, 0.1) is 0 Å². The van der Waals surface area contributed by atoms with Crippen LogP contribution in [0.2, 0.25) is 0 Å². The molecule has 0 aliphatic heterocycles. The van der Waals surface area contributed by atoms with E-state index >= 15 is 0 Å². The standard InChI is InChI=1S/C17H29/c1-4-5-6-7-8-9-10-11-12-13-14-15-16-17(2)3/h10-11,13-14,16H,1,4-9,12,15H2,2-3H3. The highest BCUT2D eigenvalue weighted by Gasteiger charge is 1.85. The van der Waals surface area contributed by atoms with E-state index in [0.29, 0.717) is 0 Å². The summed E-state index contributed by atoms with van der Waals surface area (Å²) in [6, 6.07) is 0. The average Bonchev–Trinajstić information content (AvgIpc) is 2.30. The summed E-state index contributed by atoms with van der Waals surface area (Å²) in [5.74, 6) is 0. The Balaban J connectivity index is 3.27. The zero-order valence-corrected chi connectivity index (χ0v) is 11.8. The van der Waals surface area contributed by atoms with E-state index in [2.05, 4.69) is 51.2 Å². The Hall–Kier alpha value is -0.780. The van der Waals surface area contributed by atoms with Gasteiger partial charge in [-0.2, -0.15) is 0 Å². The van der Waals surface area contributed by atoms with Gasteiger partial charge < -0.3 is 0 Å². The van der Waals surface area contributed by atoms with E-state index in [-0.39, 0.29) is 0 Å². The Bertz CT molecular complexity index is 226. The van der Waals surface area contributed by atoms with Gasteiger partial charge in [0.25, 0.3) is 0 Å². The Labute approximate surface area is 109 Å². The summed E-state index contributed by atoms with van der Waals surface area (Å²) >= 11 is 0. The molecule has 0 N–H and O–H groups in total. The van der Waals surface area contributed by atoms with Crippen molar-refractivity contribution in [2.45, 2.75) is 65.2 Å². The second kappa shape index (κ2) is 13.3. The van der Waals surface area contributed by atoms with Crippen molar-refractivity contribution in [2.24, 2.45) is 0 Å². The molecule has 1 radical (unpaired) electrons. The first-order valence-corrected chi connectivity index (χ1v) is 7.00. The molecule has 0 heterocycles. The highest BCUT2D eigenvalue weighted by Crippen LogP contribution is 2.05. The summed E-state index contributed by atoms with van der Waals surface area (Å²) in [5, 5.41) is 0. The molecule has 0 saturated carbocycles. The van der Waals surface area contributed by atoms with Gasteiger partial charge in [-0.15, -0.1) is 0 Å². The number of unbranched alkanes of at least 4 members (excludes halogenated alkanes) is 5. The van der Waals surface area contributed by atoms with Crippen molar-refractivity contribution in [2.75, 3.05) is 0 Å².